The molecule has 1 unspecified atom stereocenters. The molecule has 44 valence electrons. The minimum Gasteiger partial charge on any atom is -0.394 e. The van der Waals surface area contributed by atoms with Crippen LogP contribution in [0.25, 0.3) is 0 Å². The fraction of sp³-hybridized carbons (Fsp3) is 1.00. The van der Waals surface area contributed by atoms with Crippen LogP contribution in [0.5, 0.6) is 0 Å². The van der Waals surface area contributed by atoms with Crippen molar-refractivity contribution >= 4 is 0 Å². The molecule has 0 saturated carbocycles. The summed E-state index contributed by atoms with van der Waals surface area (Å²) in [7, 11) is 0. The van der Waals surface area contributed by atoms with E-state index in [4.69, 9.17) is 15.3 Å². The van der Waals surface area contributed by atoms with Gasteiger partial charge in [0.15, 0.2) is 0 Å². The molecule has 0 aliphatic carbocycles. The van der Waals surface area contributed by atoms with Gasteiger partial charge in [-0.3, -0.25) is 0 Å². The van der Waals surface area contributed by atoms with Gasteiger partial charge >= 0.3 is 0 Å². The third-order valence-electron chi connectivity index (χ3n) is 0.744. The molecule has 0 aromatic rings. The molecule has 0 fully saturated rings. The monoisotopic (exact) mass is 106 g/mol. The van der Waals surface area contributed by atoms with Crippen LogP contribution in [0.4, 0.5) is 0 Å². The smallest absolute Gasteiger partial charge is 0.103 e. The quantitative estimate of drug-likeness (QED) is 0.411. The number of aliphatic hydroxyl groups is 3. The molecule has 0 aromatic heterocycles. The van der Waals surface area contributed by atoms with E-state index in [1.54, 1.807) is 0 Å². The van der Waals surface area contributed by atoms with Gasteiger partial charge in [0, 0.05) is 0 Å². The molecule has 3 nitrogen and oxygen atoms in total. The van der Waals surface area contributed by atoms with Crippen LogP contribution in [-0.4, -0.2) is 34.1 Å². The Morgan fingerprint density at radius 1 is 1.43 bits per heavy atom. The van der Waals surface area contributed by atoms with Crippen molar-refractivity contribution in [2.45, 2.75) is 19.1 Å². The third kappa shape index (κ3) is 2.56. The fourth-order valence-corrected chi connectivity index (χ4v) is 0.153. The van der Waals surface area contributed by atoms with E-state index in [0.717, 1.165) is 0 Å². The molecule has 0 bridgehead atoms. The summed E-state index contributed by atoms with van der Waals surface area (Å²) in [5.41, 5.74) is 0. The van der Waals surface area contributed by atoms with Crippen molar-refractivity contribution in [3.8, 4) is 0 Å². The summed E-state index contributed by atoms with van der Waals surface area (Å²) in [6.45, 7) is 1.04. The Kier molecular flexibility index (Phi) is 2.91. The zero-order valence-electron chi connectivity index (χ0n) is 4.20. The predicted molar refractivity (Wildman–Crippen MR) is 24.8 cm³/mol. The molecule has 0 radical (unpaired) electrons. The van der Waals surface area contributed by atoms with E-state index >= 15 is 0 Å². The van der Waals surface area contributed by atoms with E-state index in [9.17, 15) is 0 Å². The van der Waals surface area contributed by atoms with Crippen molar-refractivity contribution < 1.29 is 15.3 Å². The molecule has 0 amide bonds. The Morgan fingerprint density at radius 2 is 1.86 bits per heavy atom. The van der Waals surface area contributed by atoms with E-state index in [1.807, 2.05) is 0 Å². The van der Waals surface area contributed by atoms with Crippen molar-refractivity contribution in [3.63, 3.8) is 0 Å². The molecular weight excluding hydrogens is 96.0 g/mol. The van der Waals surface area contributed by atoms with Crippen molar-refractivity contribution in [1.29, 1.82) is 0 Å². The van der Waals surface area contributed by atoms with E-state index in [-0.39, 0.29) is 6.61 Å². The zero-order valence-corrected chi connectivity index (χ0v) is 4.20. The van der Waals surface area contributed by atoms with Crippen LogP contribution in [-0.2, 0) is 0 Å². The maximum Gasteiger partial charge on any atom is 0.103 e. The van der Waals surface area contributed by atoms with Crippen LogP contribution in [0.2, 0.25) is 0 Å². The first-order chi connectivity index (χ1) is 3.18. The lowest BCUT2D eigenvalue weighted by atomic mass is 10.2. The molecular formula is C4H10O3. The number of aliphatic hydroxyl groups excluding tert-OH is 3. The topological polar surface area (TPSA) is 60.7 Å². The second-order valence-electron chi connectivity index (χ2n) is 1.49. The molecule has 3 N–H and O–H groups in total. The van der Waals surface area contributed by atoms with Gasteiger partial charge in [-0.2, -0.15) is 0 Å². The fourth-order valence-electron chi connectivity index (χ4n) is 0.153. The Labute approximate surface area is 42.2 Å². The summed E-state index contributed by atoms with van der Waals surface area (Å²) >= 11 is 0. The molecule has 0 aromatic carbocycles. The first-order valence-electron chi connectivity index (χ1n) is 2.15. The van der Waals surface area contributed by atoms with Crippen molar-refractivity contribution in [1.82, 2.24) is 0 Å². The second-order valence-corrected chi connectivity index (χ2v) is 1.49. The summed E-state index contributed by atoms with van der Waals surface area (Å²) in [5, 5.41) is 24.9. The Hall–Kier alpha value is -0.120. The first-order valence-corrected chi connectivity index (χ1v) is 2.15. The second kappa shape index (κ2) is 2.96. The van der Waals surface area contributed by atoms with Gasteiger partial charge in [0.05, 0.1) is 12.7 Å². The molecule has 0 aliphatic rings. The Bertz CT molecular complexity index is 44.2. The summed E-state index contributed by atoms with van der Waals surface area (Å²) in [6, 6.07) is 0. The van der Waals surface area contributed by atoms with E-state index in [1.165, 1.54) is 6.92 Å². The normalized spacial score (nSPS) is 18.9. The molecule has 0 aliphatic heterocycles. The van der Waals surface area contributed by atoms with Crippen molar-refractivity contribution in [2.75, 3.05) is 6.61 Å². The summed E-state index contributed by atoms with van der Waals surface area (Å²) in [5.74, 6) is 0. The lowest BCUT2D eigenvalue weighted by molar-refractivity contribution is -0.00425. The standard InChI is InChI=1S/C4H10O3/c1-3(6)4(7)2-5/h3-7H,2H2,1H3/t3-,4?/m0/s1. The zero-order chi connectivity index (χ0) is 5.86. The Balaban J connectivity index is 3.14. The van der Waals surface area contributed by atoms with E-state index in [0.29, 0.717) is 0 Å². The van der Waals surface area contributed by atoms with Gasteiger partial charge in [-0.15, -0.1) is 0 Å². The average molecular weight is 106 g/mol. The first kappa shape index (κ1) is 6.88. The van der Waals surface area contributed by atoms with Gasteiger partial charge in [-0.1, -0.05) is 0 Å². The molecule has 2 atom stereocenters. The van der Waals surface area contributed by atoms with Gasteiger partial charge < -0.3 is 15.3 Å². The van der Waals surface area contributed by atoms with Gasteiger partial charge in [-0.05, 0) is 6.92 Å². The van der Waals surface area contributed by atoms with Crippen molar-refractivity contribution in [2.24, 2.45) is 0 Å². The molecule has 7 heavy (non-hydrogen) atoms. The minimum absolute atomic E-state index is 0.377. The molecule has 0 spiro atoms. The third-order valence-corrected chi connectivity index (χ3v) is 0.744. The number of hydrogen-bond donors (Lipinski definition) is 3. The number of rotatable bonds is 2. The predicted octanol–water partition coefficient (Wildman–Crippen LogP) is -1.28. The van der Waals surface area contributed by atoms with Gasteiger partial charge in [-0.25, -0.2) is 0 Å². The van der Waals surface area contributed by atoms with E-state index in [2.05, 4.69) is 0 Å². The minimum atomic E-state index is -0.986. The van der Waals surface area contributed by atoms with Gasteiger partial charge in [0.25, 0.3) is 0 Å². The van der Waals surface area contributed by atoms with Crippen LogP contribution in [0.15, 0.2) is 0 Å². The molecule has 0 saturated heterocycles. The van der Waals surface area contributed by atoms with Crippen LogP contribution >= 0.6 is 0 Å². The summed E-state index contributed by atoms with van der Waals surface area (Å²) in [6.07, 6.45) is -1.81. The highest BCUT2D eigenvalue weighted by atomic mass is 16.4. The molecule has 0 heterocycles. The highest BCUT2D eigenvalue weighted by Gasteiger charge is 2.06. The lowest BCUT2D eigenvalue weighted by Gasteiger charge is -2.07. The molecule has 3 heteroatoms. The van der Waals surface area contributed by atoms with Crippen LogP contribution in [0, 0.1) is 0 Å². The highest BCUT2D eigenvalue weighted by Crippen LogP contribution is 1.87. The largest absolute Gasteiger partial charge is 0.394 e. The SMILES string of the molecule is C[C@H](O)C(O)CO. The van der Waals surface area contributed by atoms with Gasteiger partial charge in [0.2, 0.25) is 0 Å². The van der Waals surface area contributed by atoms with E-state index < -0.39 is 12.2 Å². The maximum absolute atomic E-state index is 8.44. The maximum atomic E-state index is 8.44. The van der Waals surface area contributed by atoms with Crippen LogP contribution in [0.1, 0.15) is 6.92 Å². The van der Waals surface area contributed by atoms with Crippen LogP contribution < -0.4 is 0 Å². The summed E-state index contributed by atoms with van der Waals surface area (Å²) in [4.78, 5) is 0. The Morgan fingerprint density at radius 3 is 1.86 bits per heavy atom. The lowest BCUT2D eigenvalue weighted by Crippen LogP contribution is -2.25. The molecule has 0 rings (SSSR count). The number of hydrogen-bond acceptors (Lipinski definition) is 3. The summed E-state index contributed by atoms with van der Waals surface area (Å²) < 4.78 is 0. The highest BCUT2D eigenvalue weighted by molar-refractivity contribution is 4.57. The van der Waals surface area contributed by atoms with Gasteiger partial charge in [0.1, 0.15) is 6.10 Å². The van der Waals surface area contributed by atoms with Crippen LogP contribution in [0.3, 0.4) is 0 Å². The average Bonchev–Trinajstić information content (AvgIpc) is 1.65. The van der Waals surface area contributed by atoms with Crippen molar-refractivity contribution in [3.05, 3.63) is 0 Å².